The second-order valence-corrected chi connectivity index (χ2v) is 12.5. The van der Waals surface area contributed by atoms with Gasteiger partial charge in [0.1, 0.15) is 17.0 Å². The molecule has 0 bridgehead atoms. The molecule has 1 fully saturated rings. The molecule has 4 rings (SSSR count). The Hall–Kier alpha value is -2.76. The largest absolute Gasteiger partial charge is 0.416 e. The maximum Gasteiger partial charge on any atom is 0.416 e. The van der Waals surface area contributed by atoms with Crippen LogP contribution in [0.25, 0.3) is 0 Å². The van der Waals surface area contributed by atoms with Crippen molar-refractivity contribution in [2.24, 2.45) is 5.92 Å². The minimum absolute atomic E-state index is 0.00477. The molecular formula is C27H29ClF4N4O2S. The van der Waals surface area contributed by atoms with E-state index in [1.807, 2.05) is 19.0 Å². The number of aromatic nitrogens is 2. The average Bonchev–Trinajstić information content (AvgIpc) is 2.86. The Morgan fingerprint density at radius 3 is 2.56 bits per heavy atom. The van der Waals surface area contributed by atoms with Crippen molar-refractivity contribution < 1.29 is 26.0 Å². The number of hydrogen-bond acceptors (Lipinski definition) is 6. The Balaban J connectivity index is 1.47. The fourth-order valence-corrected chi connectivity index (χ4v) is 6.77. The third kappa shape index (κ3) is 7.26. The highest BCUT2D eigenvalue weighted by molar-refractivity contribution is 7.90. The first kappa shape index (κ1) is 29.2. The number of sulfone groups is 1. The number of alkyl halides is 3. The van der Waals surface area contributed by atoms with Gasteiger partial charge in [-0.1, -0.05) is 29.8 Å². The molecule has 0 saturated heterocycles. The molecule has 0 aliphatic heterocycles. The first-order chi connectivity index (χ1) is 18.3. The fourth-order valence-electron chi connectivity index (χ4n) is 5.12. The van der Waals surface area contributed by atoms with Crippen LogP contribution >= 0.6 is 11.6 Å². The summed E-state index contributed by atoms with van der Waals surface area (Å²) in [5.41, 5.74) is 0.503. The van der Waals surface area contributed by atoms with Crippen LogP contribution in [0, 0.1) is 11.7 Å². The Morgan fingerprint density at radius 1 is 1.13 bits per heavy atom. The molecule has 0 spiro atoms. The first-order valence-electron chi connectivity index (χ1n) is 12.4. The van der Waals surface area contributed by atoms with Gasteiger partial charge in [-0.3, -0.25) is 0 Å². The maximum absolute atomic E-state index is 15.1. The van der Waals surface area contributed by atoms with Crippen molar-refractivity contribution in [3.8, 4) is 0 Å². The highest BCUT2D eigenvalue weighted by Gasteiger charge is 2.34. The molecule has 1 aliphatic carbocycles. The van der Waals surface area contributed by atoms with Gasteiger partial charge in [0.25, 0.3) is 0 Å². The van der Waals surface area contributed by atoms with E-state index < -0.39 is 38.0 Å². The summed E-state index contributed by atoms with van der Waals surface area (Å²) in [6, 6.07) is 8.94. The summed E-state index contributed by atoms with van der Waals surface area (Å²) in [5, 5.41) is 3.36. The highest BCUT2D eigenvalue weighted by Crippen LogP contribution is 2.36. The molecule has 0 radical (unpaired) electrons. The number of halogens is 5. The van der Waals surface area contributed by atoms with E-state index in [0.717, 1.165) is 24.6 Å². The number of likely N-dealkylation sites (N-methyl/N-ethyl adjacent to an activating group) is 1. The van der Waals surface area contributed by atoms with Gasteiger partial charge in [0.15, 0.2) is 9.84 Å². The number of nitrogens with zero attached hydrogens (tertiary/aromatic N) is 3. The van der Waals surface area contributed by atoms with Crippen molar-refractivity contribution in [2.45, 2.75) is 54.6 Å². The summed E-state index contributed by atoms with van der Waals surface area (Å²) in [5.74, 6) is -1.25. The van der Waals surface area contributed by atoms with Crippen molar-refractivity contribution in [3.05, 3.63) is 82.6 Å². The van der Waals surface area contributed by atoms with Crippen LogP contribution in [0.4, 0.5) is 23.2 Å². The quantitative estimate of drug-likeness (QED) is 0.327. The number of benzene rings is 2. The van der Waals surface area contributed by atoms with Gasteiger partial charge in [-0.15, -0.1) is 0 Å². The van der Waals surface area contributed by atoms with E-state index in [1.54, 1.807) is 6.07 Å². The Morgan fingerprint density at radius 2 is 1.90 bits per heavy atom. The predicted molar refractivity (Wildman–Crippen MR) is 142 cm³/mol. The van der Waals surface area contributed by atoms with Gasteiger partial charge in [0.05, 0.1) is 27.7 Å². The lowest BCUT2D eigenvalue weighted by molar-refractivity contribution is -0.137. The molecule has 39 heavy (non-hydrogen) atoms. The summed E-state index contributed by atoms with van der Waals surface area (Å²) in [4.78, 5) is 9.16. The SMILES string of the molecule is CN(C)[C@H]1C[C@@H](Cc2cccc(C(F)(F)F)c2)CC[C@@H]1Nc1cc(F)c(S(=O)(=O)Cc2ccncn2)cc1Cl. The number of hydrogen-bond donors (Lipinski definition) is 1. The zero-order valence-electron chi connectivity index (χ0n) is 21.4. The maximum atomic E-state index is 15.1. The third-order valence-corrected chi connectivity index (χ3v) is 9.02. The van der Waals surface area contributed by atoms with Gasteiger partial charge >= 0.3 is 6.18 Å². The van der Waals surface area contributed by atoms with E-state index in [2.05, 4.69) is 15.3 Å². The minimum atomic E-state index is -4.39. The molecule has 1 aromatic heterocycles. The second-order valence-electron chi connectivity index (χ2n) is 10.1. The number of anilines is 1. The van der Waals surface area contributed by atoms with Crippen LogP contribution in [-0.2, 0) is 28.2 Å². The van der Waals surface area contributed by atoms with Crippen molar-refractivity contribution in [1.82, 2.24) is 14.9 Å². The molecule has 3 atom stereocenters. The zero-order chi connectivity index (χ0) is 28.4. The molecule has 6 nitrogen and oxygen atoms in total. The standard InChI is InChI=1S/C27H29ClF4N4O2S/c1-36(2)25-12-18(10-17-4-3-5-19(11-17)27(30,31)32)6-7-23(25)35-24-14-22(29)26(13-21(24)28)39(37,38)15-20-8-9-33-16-34-20/h3-5,8-9,11,13-14,16,18,23,25,35H,6-7,10,12,15H2,1-2H3/t18-,23+,25+/m1/s1. The van der Waals surface area contributed by atoms with Crippen LogP contribution in [0.1, 0.15) is 36.1 Å². The van der Waals surface area contributed by atoms with Gasteiger partial charge in [0.2, 0.25) is 0 Å². The monoisotopic (exact) mass is 584 g/mol. The van der Waals surface area contributed by atoms with Crippen LogP contribution in [-0.4, -0.2) is 49.5 Å². The van der Waals surface area contributed by atoms with Gasteiger partial charge < -0.3 is 10.2 Å². The van der Waals surface area contributed by atoms with Crippen LogP contribution < -0.4 is 5.32 Å². The molecule has 12 heteroatoms. The van der Waals surface area contributed by atoms with E-state index in [0.29, 0.717) is 24.8 Å². The summed E-state index contributed by atoms with van der Waals surface area (Å²) >= 11 is 6.42. The van der Waals surface area contributed by atoms with Gasteiger partial charge in [-0.05, 0) is 75.5 Å². The average molecular weight is 585 g/mol. The summed E-state index contributed by atoms with van der Waals surface area (Å²) < 4.78 is 80.1. The molecule has 2 aromatic carbocycles. The molecule has 3 aromatic rings. The van der Waals surface area contributed by atoms with Gasteiger partial charge in [-0.25, -0.2) is 22.8 Å². The normalized spacial score (nSPS) is 20.3. The van der Waals surface area contributed by atoms with Crippen LogP contribution in [0.15, 0.2) is 59.9 Å². The molecule has 210 valence electrons. The highest BCUT2D eigenvalue weighted by atomic mass is 35.5. The minimum Gasteiger partial charge on any atom is -0.379 e. The fraction of sp³-hybridized carbons (Fsp3) is 0.407. The summed E-state index contributed by atoms with van der Waals surface area (Å²) in [7, 11) is -0.219. The van der Waals surface area contributed by atoms with Gasteiger partial charge in [-0.2, -0.15) is 13.2 Å². The summed E-state index contributed by atoms with van der Waals surface area (Å²) in [6.45, 7) is 0. The van der Waals surface area contributed by atoms with Crippen LogP contribution in [0.2, 0.25) is 5.02 Å². The van der Waals surface area contributed by atoms with E-state index in [4.69, 9.17) is 11.6 Å². The molecule has 1 N–H and O–H groups in total. The Kier molecular flexibility index (Phi) is 8.82. The first-order valence-corrected chi connectivity index (χ1v) is 14.4. The van der Waals surface area contributed by atoms with E-state index in [1.165, 1.54) is 30.7 Å². The molecule has 1 saturated carbocycles. The predicted octanol–water partition coefficient (Wildman–Crippen LogP) is 6.02. The molecule has 0 unspecified atom stereocenters. The van der Waals surface area contributed by atoms with Crippen molar-refractivity contribution >= 4 is 27.1 Å². The lowest BCUT2D eigenvalue weighted by Gasteiger charge is -2.41. The van der Waals surface area contributed by atoms with E-state index in [9.17, 15) is 21.6 Å². The lowest BCUT2D eigenvalue weighted by atomic mass is 9.78. The van der Waals surface area contributed by atoms with E-state index in [-0.39, 0.29) is 34.4 Å². The zero-order valence-corrected chi connectivity index (χ0v) is 23.0. The van der Waals surface area contributed by atoms with Gasteiger partial charge in [0, 0.05) is 18.3 Å². The summed E-state index contributed by atoms with van der Waals surface area (Å²) in [6.07, 6.45) is 0.910. The third-order valence-electron chi connectivity index (χ3n) is 7.05. The Bertz CT molecular complexity index is 1400. The van der Waals surface area contributed by atoms with Crippen LogP contribution in [0.3, 0.4) is 0 Å². The van der Waals surface area contributed by atoms with Crippen LogP contribution in [0.5, 0.6) is 0 Å². The lowest BCUT2D eigenvalue weighted by Crippen LogP contribution is -2.48. The second kappa shape index (κ2) is 11.8. The molecule has 1 aliphatic rings. The Labute approximate surface area is 230 Å². The molecular weight excluding hydrogens is 556 g/mol. The number of nitrogens with one attached hydrogen (secondary N) is 1. The van der Waals surface area contributed by atoms with Crippen molar-refractivity contribution in [2.75, 3.05) is 19.4 Å². The van der Waals surface area contributed by atoms with Crippen molar-refractivity contribution in [1.29, 1.82) is 0 Å². The van der Waals surface area contributed by atoms with E-state index >= 15 is 4.39 Å². The number of rotatable bonds is 8. The topological polar surface area (TPSA) is 75.2 Å². The smallest absolute Gasteiger partial charge is 0.379 e. The molecule has 0 amide bonds. The van der Waals surface area contributed by atoms with Crippen molar-refractivity contribution in [3.63, 3.8) is 0 Å². The molecule has 1 heterocycles.